The number of amides is 6. The Morgan fingerprint density at radius 3 is 2.15 bits per heavy atom. The molecule has 1 aromatic carbocycles. The van der Waals surface area contributed by atoms with E-state index >= 15 is 0 Å². The monoisotopic (exact) mass is 831 g/mol. The molecule has 0 saturated carbocycles. The number of likely N-dealkylation sites (tertiary alicyclic amines) is 1. The van der Waals surface area contributed by atoms with Crippen LogP contribution in [0.15, 0.2) is 35.4 Å². The number of carbonyl (C=O) groups is 6. The number of nitrogens with one attached hydrogen (secondary N) is 2. The van der Waals surface area contributed by atoms with E-state index in [4.69, 9.17) is 21.1 Å². The lowest BCUT2D eigenvalue weighted by molar-refractivity contribution is -0.148. The molecule has 1 aliphatic rings. The van der Waals surface area contributed by atoms with Crippen molar-refractivity contribution in [3.63, 3.8) is 0 Å². The van der Waals surface area contributed by atoms with Crippen LogP contribution in [-0.2, 0) is 49.5 Å². The van der Waals surface area contributed by atoms with Crippen molar-refractivity contribution in [1.82, 2.24) is 25.3 Å². The first-order valence-electron chi connectivity index (χ1n) is 20.1. The number of hydrogen-bond acceptors (Lipinski definition) is 11. The lowest BCUT2D eigenvalue weighted by atomic mass is 9.89. The Hall–Kier alpha value is -4.81. The van der Waals surface area contributed by atoms with Gasteiger partial charge in [-0.05, 0) is 35.8 Å². The Balaban J connectivity index is 2.36. The van der Waals surface area contributed by atoms with E-state index < -0.39 is 96.4 Å². The molecule has 0 bridgehead atoms. The quantitative estimate of drug-likeness (QED) is 0.0507. The summed E-state index contributed by atoms with van der Waals surface area (Å²) in [6.07, 6.45) is 0.346. The zero-order valence-corrected chi connectivity index (χ0v) is 36.2. The molecule has 1 heterocycles. The summed E-state index contributed by atoms with van der Waals surface area (Å²) in [6, 6.07) is 3.65. The van der Waals surface area contributed by atoms with E-state index in [1.807, 2.05) is 44.2 Å². The summed E-state index contributed by atoms with van der Waals surface area (Å²) in [6.45, 7) is 10.4. The Bertz CT molecular complexity index is 1610. The number of carbonyl (C=O) groups excluding carboxylic acids is 6. The third kappa shape index (κ3) is 13.6. The van der Waals surface area contributed by atoms with Gasteiger partial charge in [0.15, 0.2) is 0 Å². The number of methoxy groups -OCH3 is 2. The molecule has 330 valence electrons. The van der Waals surface area contributed by atoms with Crippen LogP contribution in [-0.4, -0.2) is 140 Å². The standard InChI is InChI=1S/C40H66N10O9/c1-11-24(4)35(49(8)40(56)33(26(6)46-47-42)45-39(55)34(23(2)3)48(7)32(52)22-59-43)30(57-9)21-31(51)50-19-15-18-29(50)36(58-10)25(5)38(54)44-28(37(41)53)20-27-16-13-12-14-17-27/h12-14,16-17,23-26,28-30,33-36H,11,15,18-22,43H2,1-10H3,(H2,41,53)(H,44,54)(H,45,55)/t24-,25+,26?,28-,29-,30+,33-,34-,35-,36+/m0/s1. The summed E-state index contributed by atoms with van der Waals surface area (Å²) in [5.74, 6) is 0.518. The number of hydrogen-bond donors (Lipinski definition) is 4. The molecule has 1 aliphatic heterocycles. The molecule has 19 nitrogen and oxygen atoms in total. The van der Waals surface area contributed by atoms with Gasteiger partial charge < -0.3 is 40.5 Å². The first-order chi connectivity index (χ1) is 27.9. The van der Waals surface area contributed by atoms with E-state index in [0.717, 1.165) is 5.56 Å². The van der Waals surface area contributed by atoms with Gasteiger partial charge in [0.1, 0.15) is 24.7 Å². The molecule has 19 heteroatoms. The fraction of sp³-hybridized carbons (Fsp3) is 0.700. The third-order valence-corrected chi connectivity index (χ3v) is 11.4. The molecule has 0 aliphatic carbocycles. The fourth-order valence-electron chi connectivity index (χ4n) is 7.93. The Morgan fingerprint density at radius 1 is 0.983 bits per heavy atom. The molecule has 2 rings (SSSR count). The molecule has 1 aromatic rings. The average Bonchev–Trinajstić information content (AvgIpc) is 3.69. The molecule has 1 unspecified atom stereocenters. The molecule has 10 atom stereocenters. The highest BCUT2D eigenvalue weighted by Crippen LogP contribution is 2.30. The van der Waals surface area contributed by atoms with Gasteiger partial charge in [0.2, 0.25) is 29.5 Å². The number of primary amides is 1. The lowest BCUT2D eigenvalue weighted by Gasteiger charge is -2.41. The largest absolute Gasteiger partial charge is 0.379 e. The van der Waals surface area contributed by atoms with E-state index in [-0.39, 0.29) is 24.7 Å². The van der Waals surface area contributed by atoms with E-state index in [0.29, 0.717) is 25.8 Å². The van der Waals surface area contributed by atoms with Crippen molar-refractivity contribution in [3.05, 3.63) is 46.3 Å². The normalized spacial score (nSPS) is 18.5. The van der Waals surface area contributed by atoms with Gasteiger partial charge in [-0.15, -0.1) is 0 Å². The second kappa shape index (κ2) is 24.3. The molecule has 1 saturated heterocycles. The maximum atomic E-state index is 14.4. The van der Waals surface area contributed by atoms with E-state index in [9.17, 15) is 34.3 Å². The highest BCUT2D eigenvalue weighted by atomic mass is 16.6. The van der Waals surface area contributed by atoms with Crippen molar-refractivity contribution in [2.45, 2.75) is 122 Å². The van der Waals surface area contributed by atoms with E-state index in [2.05, 4.69) is 25.5 Å². The van der Waals surface area contributed by atoms with Crippen LogP contribution < -0.4 is 22.3 Å². The van der Waals surface area contributed by atoms with Gasteiger partial charge in [0, 0.05) is 46.2 Å². The van der Waals surface area contributed by atoms with Crippen LogP contribution in [0.1, 0.15) is 72.8 Å². The number of rotatable bonds is 24. The van der Waals surface area contributed by atoms with Gasteiger partial charge in [-0.3, -0.25) is 33.6 Å². The summed E-state index contributed by atoms with van der Waals surface area (Å²) < 4.78 is 11.8. The van der Waals surface area contributed by atoms with E-state index in [1.165, 1.54) is 38.0 Å². The second-order valence-corrected chi connectivity index (χ2v) is 15.7. The summed E-state index contributed by atoms with van der Waals surface area (Å²) in [7, 11) is 5.90. The number of azide groups is 1. The van der Waals surface area contributed by atoms with Crippen LogP contribution in [0.5, 0.6) is 0 Å². The molecule has 6 amide bonds. The number of benzene rings is 1. The molecular weight excluding hydrogens is 765 g/mol. The minimum absolute atomic E-state index is 0.133. The van der Waals surface area contributed by atoms with Crippen molar-refractivity contribution in [3.8, 4) is 0 Å². The first-order valence-corrected chi connectivity index (χ1v) is 20.1. The van der Waals surface area contributed by atoms with Gasteiger partial charge in [0.05, 0.1) is 42.7 Å². The number of likely N-dealkylation sites (N-methyl/N-ethyl adjacent to an activating group) is 2. The van der Waals surface area contributed by atoms with Gasteiger partial charge in [-0.1, -0.05) is 83.4 Å². The van der Waals surface area contributed by atoms with Crippen LogP contribution in [0.2, 0.25) is 0 Å². The molecule has 59 heavy (non-hydrogen) atoms. The van der Waals surface area contributed by atoms with E-state index in [1.54, 1.807) is 32.7 Å². The minimum atomic E-state index is -1.35. The average molecular weight is 831 g/mol. The van der Waals surface area contributed by atoms with Gasteiger partial charge >= 0.3 is 0 Å². The molecular formula is C40H66N10O9. The highest BCUT2D eigenvalue weighted by molar-refractivity contribution is 5.93. The van der Waals surface area contributed by atoms with Gasteiger partial charge in [-0.2, -0.15) is 0 Å². The Labute approximate surface area is 347 Å². The van der Waals surface area contributed by atoms with Crippen molar-refractivity contribution in [2.75, 3.05) is 41.5 Å². The molecule has 0 radical (unpaired) electrons. The predicted octanol–water partition coefficient (Wildman–Crippen LogP) is 1.68. The van der Waals surface area contributed by atoms with Crippen molar-refractivity contribution < 1.29 is 43.1 Å². The van der Waals surface area contributed by atoms with Crippen molar-refractivity contribution >= 4 is 35.4 Å². The summed E-state index contributed by atoms with van der Waals surface area (Å²) >= 11 is 0. The van der Waals surface area contributed by atoms with Crippen LogP contribution >= 0.6 is 0 Å². The first kappa shape index (κ1) is 50.3. The summed E-state index contributed by atoms with van der Waals surface area (Å²) in [5, 5.41) is 9.23. The molecule has 1 fully saturated rings. The Kier molecular flexibility index (Phi) is 20.7. The molecule has 0 spiro atoms. The molecule has 6 N–H and O–H groups in total. The van der Waals surface area contributed by atoms with Gasteiger partial charge in [-0.25, -0.2) is 5.90 Å². The fourth-order valence-corrected chi connectivity index (χ4v) is 7.93. The zero-order chi connectivity index (χ0) is 44.6. The minimum Gasteiger partial charge on any atom is -0.379 e. The second-order valence-electron chi connectivity index (χ2n) is 15.7. The molecule has 0 aromatic heterocycles. The zero-order valence-electron chi connectivity index (χ0n) is 36.2. The van der Waals surface area contributed by atoms with Crippen LogP contribution in [0.3, 0.4) is 0 Å². The van der Waals surface area contributed by atoms with Crippen molar-refractivity contribution in [1.29, 1.82) is 0 Å². The highest BCUT2D eigenvalue weighted by Gasteiger charge is 2.44. The lowest BCUT2D eigenvalue weighted by Crippen LogP contribution is -2.61. The number of ether oxygens (including phenoxy) is 2. The third-order valence-electron chi connectivity index (χ3n) is 11.4. The van der Waals surface area contributed by atoms with Crippen molar-refractivity contribution in [2.24, 2.45) is 34.5 Å². The van der Waals surface area contributed by atoms with Crippen LogP contribution in [0.25, 0.3) is 10.4 Å². The smallest absolute Gasteiger partial charge is 0.251 e. The summed E-state index contributed by atoms with van der Waals surface area (Å²) in [4.78, 5) is 92.6. The van der Waals surface area contributed by atoms with Gasteiger partial charge in [0.25, 0.3) is 5.91 Å². The predicted molar refractivity (Wildman–Crippen MR) is 219 cm³/mol. The maximum Gasteiger partial charge on any atom is 0.251 e. The van der Waals surface area contributed by atoms with Crippen LogP contribution in [0, 0.1) is 17.8 Å². The maximum absolute atomic E-state index is 14.4. The topological polar surface area (TPSA) is 265 Å². The number of nitrogens with two attached hydrogens (primary N) is 2. The Morgan fingerprint density at radius 2 is 1.63 bits per heavy atom. The summed E-state index contributed by atoms with van der Waals surface area (Å²) in [5.41, 5.74) is 15.8. The number of nitrogens with zero attached hydrogens (tertiary/aromatic N) is 6. The van der Waals surface area contributed by atoms with Crippen LogP contribution in [0.4, 0.5) is 0 Å². The SMILES string of the molecule is CC[C@H](C)[C@@H]([C@@H](CC(=O)N1CCC[C@H]1[C@H](OC)[C@@H](C)C(=O)N[C@@H](Cc1ccccc1)C(N)=O)OC)N(C)C(=O)[C@@H](NC(=O)[C@H](C(C)C)N(C)C(=O)CON)C(C)N=[N+]=[N-].